The molecule has 24 N–H and O–H groups in total. The first kappa shape index (κ1) is 76.0. The van der Waals surface area contributed by atoms with Crippen LogP contribution in [0.3, 0.4) is 0 Å². The van der Waals surface area contributed by atoms with Crippen LogP contribution in [0, 0.1) is 11.8 Å². The third kappa shape index (κ3) is 27.3. The molecule has 33 nitrogen and oxygen atoms in total. The summed E-state index contributed by atoms with van der Waals surface area (Å²) in [5, 5.41) is 84.1. The summed E-state index contributed by atoms with van der Waals surface area (Å²) in [5.41, 5.74) is 22.8. The minimum atomic E-state index is -1.97. The van der Waals surface area contributed by atoms with Gasteiger partial charge < -0.3 is 107 Å². The number of unbranched alkanes of at least 4 members (excludes halogenated alkanes) is 1. The maximum absolute atomic E-state index is 14.0. The van der Waals surface area contributed by atoms with E-state index < -0.39 is 176 Å². The van der Waals surface area contributed by atoms with Crippen LogP contribution >= 0.6 is 0 Å². The van der Waals surface area contributed by atoms with E-state index in [9.17, 15) is 88.2 Å². The van der Waals surface area contributed by atoms with E-state index in [1.165, 1.54) is 38.1 Å². The summed E-state index contributed by atoms with van der Waals surface area (Å²) in [7, 11) is 0. The van der Waals surface area contributed by atoms with Gasteiger partial charge in [0.25, 0.3) is 0 Å². The molecule has 0 heterocycles. The molecule has 494 valence electrons. The molecule has 2 rings (SSSR count). The van der Waals surface area contributed by atoms with Crippen LogP contribution in [-0.2, 0) is 70.4 Å². The number of hydrogen-bond acceptors (Lipinski definition) is 19. The lowest BCUT2D eigenvalue weighted by atomic mass is 9.98. The number of nitrogens with zero attached hydrogens (tertiary/aromatic N) is 1. The molecular weight excluding hydrogens is 1170 g/mol. The number of aliphatic imine (C=N–C) groups is 1. The number of aliphatic hydroxyl groups is 4. The molecule has 0 saturated heterocycles. The smallest absolute Gasteiger partial charge is 0.326 e. The van der Waals surface area contributed by atoms with Gasteiger partial charge in [-0.2, -0.15) is 0 Å². The van der Waals surface area contributed by atoms with Crippen LogP contribution < -0.4 is 76.1 Å². The van der Waals surface area contributed by atoms with E-state index in [0.29, 0.717) is 17.5 Å². The lowest BCUT2D eigenvalue weighted by molar-refractivity contribution is -0.143. The number of carbonyl (C=O) groups is 12. The highest BCUT2D eigenvalue weighted by Gasteiger charge is 2.38. The summed E-state index contributed by atoms with van der Waals surface area (Å²) < 4.78 is 0. The highest BCUT2D eigenvalue weighted by molar-refractivity contribution is 6.00. The molecule has 0 saturated carbocycles. The summed E-state index contributed by atoms with van der Waals surface area (Å²) in [6.07, 6.45) is -2.47. The number of carboxylic acids is 1. The zero-order chi connectivity index (χ0) is 67.1. The van der Waals surface area contributed by atoms with Crippen molar-refractivity contribution in [1.82, 2.24) is 53.2 Å². The number of rotatable bonds is 40. The van der Waals surface area contributed by atoms with Crippen molar-refractivity contribution in [2.75, 3.05) is 32.9 Å². The number of carbonyl (C=O) groups excluding carboxylic acids is 11. The maximum Gasteiger partial charge on any atom is 0.326 e. The van der Waals surface area contributed by atoms with Gasteiger partial charge in [-0.15, -0.1) is 0 Å². The molecule has 0 bridgehead atoms. The van der Waals surface area contributed by atoms with Crippen molar-refractivity contribution in [3.05, 3.63) is 65.7 Å². The largest absolute Gasteiger partial charge is 0.508 e. The van der Waals surface area contributed by atoms with Gasteiger partial charge in [0.05, 0.1) is 38.8 Å². The van der Waals surface area contributed by atoms with Crippen LogP contribution in [0.1, 0.15) is 84.3 Å². The third-order valence-corrected chi connectivity index (χ3v) is 13.4. The summed E-state index contributed by atoms with van der Waals surface area (Å²) in [6, 6.07) is -2.42. The Morgan fingerprint density at radius 2 is 0.888 bits per heavy atom. The van der Waals surface area contributed by atoms with E-state index >= 15 is 0 Å². The molecule has 0 aliphatic heterocycles. The zero-order valence-electron chi connectivity index (χ0n) is 50.2. The summed E-state index contributed by atoms with van der Waals surface area (Å²) in [5.74, 6) is -14.8. The van der Waals surface area contributed by atoms with Crippen molar-refractivity contribution >= 4 is 76.9 Å². The molecule has 89 heavy (non-hydrogen) atoms. The molecule has 0 aromatic heterocycles. The van der Waals surface area contributed by atoms with E-state index in [0.717, 1.165) is 6.92 Å². The van der Waals surface area contributed by atoms with Crippen molar-refractivity contribution in [2.24, 2.45) is 39.8 Å². The molecule has 2 aromatic rings. The second-order valence-corrected chi connectivity index (χ2v) is 21.5. The zero-order valence-corrected chi connectivity index (χ0v) is 50.2. The molecule has 0 spiro atoms. The van der Waals surface area contributed by atoms with Gasteiger partial charge in [-0.3, -0.25) is 57.7 Å². The average Bonchev–Trinajstić information content (AvgIpc) is 2.41. The van der Waals surface area contributed by atoms with Gasteiger partial charge in [-0.05, 0) is 80.7 Å². The number of benzene rings is 2. The van der Waals surface area contributed by atoms with Crippen molar-refractivity contribution in [2.45, 2.75) is 153 Å². The number of phenolic OH excluding ortho intramolecular Hbond substituents is 1. The van der Waals surface area contributed by atoms with Crippen LogP contribution in [0.2, 0.25) is 0 Å². The topological polar surface area (TPSA) is 563 Å². The van der Waals surface area contributed by atoms with Gasteiger partial charge in [0.15, 0.2) is 5.96 Å². The van der Waals surface area contributed by atoms with Crippen molar-refractivity contribution < 1.29 is 88.2 Å². The van der Waals surface area contributed by atoms with Gasteiger partial charge in [0.2, 0.25) is 65.0 Å². The summed E-state index contributed by atoms with van der Waals surface area (Å²) in [6.45, 7) is 3.96. The van der Waals surface area contributed by atoms with E-state index in [1.54, 1.807) is 44.2 Å². The molecule has 2 aromatic carbocycles. The highest BCUT2D eigenvalue weighted by Crippen LogP contribution is 2.14. The predicted octanol–water partition coefficient (Wildman–Crippen LogP) is -7.16. The fraction of sp³-hybridized carbons (Fsp3) is 0.554. The van der Waals surface area contributed by atoms with Gasteiger partial charge >= 0.3 is 5.97 Å². The number of nitrogens with two attached hydrogens (primary N) is 4. The molecule has 11 atom stereocenters. The van der Waals surface area contributed by atoms with Gasteiger partial charge in [-0.1, -0.05) is 70.2 Å². The monoisotopic (exact) mass is 1260 g/mol. The number of guanidine groups is 1. The van der Waals surface area contributed by atoms with Crippen molar-refractivity contribution in [3.8, 4) is 5.75 Å². The molecule has 33 heteroatoms. The fourth-order valence-corrected chi connectivity index (χ4v) is 8.46. The lowest BCUT2D eigenvalue weighted by Gasteiger charge is -2.29. The number of hydrogen-bond donors (Lipinski definition) is 20. The number of amides is 11. The minimum Gasteiger partial charge on any atom is -0.508 e. The molecule has 0 radical (unpaired) electrons. The highest BCUT2D eigenvalue weighted by atomic mass is 16.4. The first-order valence-electron chi connectivity index (χ1n) is 28.6. The number of carboxylic acid groups (broad SMARTS) is 1. The molecule has 0 aliphatic rings. The van der Waals surface area contributed by atoms with Crippen LogP contribution in [0.4, 0.5) is 0 Å². The van der Waals surface area contributed by atoms with Gasteiger partial charge in [0, 0.05) is 13.0 Å². The fourth-order valence-electron chi connectivity index (χ4n) is 8.46. The Morgan fingerprint density at radius 1 is 0.472 bits per heavy atom. The number of aromatic hydroxyl groups is 1. The number of primary amides is 1. The maximum atomic E-state index is 14.0. The minimum absolute atomic E-state index is 0.0734. The molecule has 0 fully saturated rings. The Bertz CT molecular complexity index is 2730. The Labute approximate surface area is 513 Å². The number of phenols is 1. The molecule has 11 amide bonds. The quantitative estimate of drug-likeness (QED) is 0.0167. The van der Waals surface area contributed by atoms with E-state index in [-0.39, 0.29) is 63.3 Å². The van der Waals surface area contributed by atoms with Crippen molar-refractivity contribution in [3.63, 3.8) is 0 Å². The normalized spacial score (nSPS) is 14.8. The van der Waals surface area contributed by atoms with Crippen LogP contribution in [0.25, 0.3) is 0 Å². The average molecular weight is 1260 g/mol. The first-order valence-corrected chi connectivity index (χ1v) is 28.6. The Morgan fingerprint density at radius 3 is 1.36 bits per heavy atom. The molecule has 0 unspecified atom stereocenters. The van der Waals surface area contributed by atoms with Crippen molar-refractivity contribution in [1.29, 1.82) is 0 Å². The standard InChI is InChI=1S/C56H87N15O18/c1-28(2)43(52(85)64-35(55(88)89)15-11-21-61-56(59)60)70-53(86)44(29(3)4)69-48(81)37(24-41(58)77)65-46(79)34(14-9-10-20-57)63-49(82)38(25-72)66-50(83)39(26-73)67-51(84)40(27-74)68-54(87)45(30(5)75)71-47(80)36(22-32-16-18-33(76)19-17-32)62-42(78)23-31-12-7-6-8-13-31/h6-8,12-13,16-19,28-30,34-40,43-45,72-76H,9-11,14-15,20-27,57H2,1-5H3,(H2,58,77)(H,62,78)(H,63,82)(H,64,85)(H,65,79)(H,66,83)(H,67,84)(H,68,87)(H,69,81)(H,70,86)(H,71,80)(H,88,89)(H4,59,60,61)/t30-,34+,35+,36+,37+,38+,39+,40+,43+,44+,45+/m1/s1. The van der Waals surface area contributed by atoms with E-state index in [1.807, 2.05) is 0 Å². The number of aliphatic carboxylic acids is 1. The first-order chi connectivity index (χ1) is 42.0. The molecular formula is C56H87N15O18. The summed E-state index contributed by atoms with van der Waals surface area (Å²) >= 11 is 0. The Hall–Kier alpha value is -9.05. The summed E-state index contributed by atoms with van der Waals surface area (Å²) in [4.78, 5) is 164. The lowest BCUT2D eigenvalue weighted by Crippen LogP contribution is -2.63. The second-order valence-electron chi connectivity index (χ2n) is 21.5. The van der Waals surface area contributed by atoms with Gasteiger partial charge in [0.1, 0.15) is 66.2 Å². The van der Waals surface area contributed by atoms with E-state index in [2.05, 4.69) is 58.2 Å². The Kier molecular flexibility index (Phi) is 33.3. The number of aliphatic hydroxyl groups excluding tert-OH is 4. The number of nitrogens with one attached hydrogen (secondary N) is 10. The SMILES string of the molecule is CC(C)[C@H](NC(=O)[C@H](CC(N)=O)NC(=O)[C@H](CCCCN)NC(=O)[C@H](CO)NC(=O)[C@H](CO)NC(=O)[C@H](CO)NC(=O)[C@@H](NC(=O)[C@H](Cc1ccc(O)cc1)NC(=O)Cc1ccccc1)[C@@H](C)O)C(=O)N[C@H](C(=O)N[C@@H](CCCN=C(N)N)C(=O)O)C(C)C. The third-order valence-electron chi connectivity index (χ3n) is 13.4. The van der Waals surface area contributed by atoms with Crippen LogP contribution in [0.5, 0.6) is 5.75 Å². The molecule has 0 aliphatic carbocycles. The second kappa shape index (κ2) is 39.0. The van der Waals surface area contributed by atoms with Crippen LogP contribution in [-0.4, -0.2) is 207 Å². The van der Waals surface area contributed by atoms with Crippen LogP contribution in [0.15, 0.2) is 59.6 Å². The van der Waals surface area contributed by atoms with Gasteiger partial charge in [-0.25, -0.2) is 4.79 Å². The van der Waals surface area contributed by atoms with E-state index in [4.69, 9.17) is 22.9 Å². The predicted molar refractivity (Wildman–Crippen MR) is 318 cm³/mol. The Balaban J connectivity index is 2.25.